The lowest BCUT2D eigenvalue weighted by atomic mass is 10.1. The molecule has 0 radical (unpaired) electrons. The first-order chi connectivity index (χ1) is 9.15. The third kappa shape index (κ3) is 3.51. The highest BCUT2D eigenvalue weighted by Crippen LogP contribution is 2.31. The molecule has 1 aromatic carbocycles. The Hall–Kier alpha value is -0.550. The van der Waals surface area contributed by atoms with Crippen LogP contribution < -0.4 is 5.32 Å². The van der Waals surface area contributed by atoms with Gasteiger partial charge in [0, 0.05) is 26.9 Å². The van der Waals surface area contributed by atoms with Crippen LogP contribution in [0, 0.1) is 3.57 Å². The van der Waals surface area contributed by atoms with Crippen LogP contribution in [0.3, 0.4) is 0 Å². The number of aryl methyl sites for hydroxylation is 1. The fourth-order valence-corrected chi connectivity index (χ4v) is 3.16. The summed E-state index contributed by atoms with van der Waals surface area (Å²) in [6.45, 7) is 5.30. The number of halogens is 2. The fourth-order valence-electron chi connectivity index (χ4n) is 2.10. The molecule has 1 N–H and O–H groups in total. The van der Waals surface area contributed by atoms with Gasteiger partial charge in [0.1, 0.15) is 0 Å². The fraction of sp³-hybridized carbons (Fsp3) is 0.400. The van der Waals surface area contributed by atoms with Gasteiger partial charge < -0.3 is 5.32 Å². The third-order valence-corrected chi connectivity index (χ3v) is 3.87. The van der Waals surface area contributed by atoms with Crippen LogP contribution in [-0.2, 0) is 6.42 Å². The van der Waals surface area contributed by atoms with Crippen LogP contribution in [0.5, 0.6) is 0 Å². The van der Waals surface area contributed by atoms with Gasteiger partial charge in [-0.2, -0.15) is 0 Å². The van der Waals surface area contributed by atoms with Gasteiger partial charge in [-0.3, -0.25) is 4.98 Å². The zero-order valence-corrected chi connectivity index (χ0v) is 14.2. The van der Waals surface area contributed by atoms with E-state index in [1.54, 1.807) is 0 Å². The predicted octanol–water partition coefficient (Wildman–Crippen LogP) is 5.27. The molecule has 4 heteroatoms. The summed E-state index contributed by atoms with van der Waals surface area (Å²) >= 11 is 8.64. The Labute approximate surface area is 133 Å². The van der Waals surface area contributed by atoms with Gasteiger partial charge in [0.25, 0.3) is 0 Å². The smallest absolute Gasteiger partial charge is 0.0912 e. The Bertz CT molecular complexity index is 584. The number of nitrogens with zero attached hydrogens (tertiary/aromatic N) is 1. The highest BCUT2D eigenvalue weighted by Gasteiger charge is 2.09. The Morgan fingerprint density at radius 2 is 2.00 bits per heavy atom. The Kier molecular flexibility index (Phi) is 5.28. The molecule has 19 heavy (non-hydrogen) atoms. The first-order valence-corrected chi connectivity index (χ1v) is 8.14. The summed E-state index contributed by atoms with van der Waals surface area (Å²) in [5.41, 5.74) is 3.17. The minimum atomic E-state index is 0.736. The minimum absolute atomic E-state index is 0.736. The Morgan fingerprint density at radius 1 is 1.21 bits per heavy atom. The van der Waals surface area contributed by atoms with Crippen molar-refractivity contribution in [2.75, 3.05) is 11.9 Å². The van der Waals surface area contributed by atoms with Crippen LogP contribution in [0.15, 0.2) is 18.2 Å². The zero-order chi connectivity index (χ0) is 13.8. The molecule has 1 heterocycles. The van der Waals surface area contributed by atoms with Crippen LogP contribution in [0.1, 0.15) is 32.4 Å². The molecular formula is C15H18ClIN2. The monoisotopic (exact) mass is 388 g/mol. The van der Waals surface area contributed by atoms with Crippen LogP contribution >= 0.6 is 34.2 Å². The summed E-state index contributed by atoms with van der Waals surface area (Å²) in [5.74, 6) is 0. The second kappa shape index (κ2) is 6.75. The number of pyridine rings is 1. The van der Waals surface area contributed by atoms with Crippen molar-refractivity contribution in [3.05, 3.63) is 32.5 Å². The quantitative estimate of drug-likeness (QED) is 0.706. The lowest BCUT2D eigenvalue weighted by molar-refractivity contribution is 0.889. The number of hydrogen-bond acceptors (Lipinski definition) is 2. The standard InChI is InChI=1S/C15H18ClIN2/c1-3-5-11-9-14(18-6-4-2)12-7-10(17)8-13(16)15(12)19-11/h7-9H,3-6H2,1-2H3,(H,18,19). The number of benzene rings is 1. The van der Waals surface area contributed by atoms with Crippen molar-refractivity contribution in [3.8, 4) is 0 Å². The number of anilines is 1. The van der Waals surface area contributed by atoms with Crippen molar-refractivity contribution < 1.29 is 0 Å². The molecule has 0 bridgehead atoms. The molecule has 0 fully saturated rings. The highest BCUT2D eigenvalue weighted by molar-refractivity contribution is 14.1. The van der Waals surface area contributed by atoms with Crippen LogP contribution in [0.25, 0.3) is 10.9 Å². The second-order valence-electron chi connectivity index (χ2n) is 4.62. The van der Waals surface area contributed by atoms with Gasteiger partial charge in [-0.05, 0) is 53.6 Å². The van der Waals surface area contributed by atoms with Crippen molar-refractivity contribution in [2.24, 2.45) is 0 Å². The number of nitrogens with one attached hydrogen (secondary N) is 1. The number of fused-ring (bicyclic) bond motifs is 1. The Balaban J connectivity index is 2.60. The molecule has 102 valence electrons. The summed E-state index contributed by atoms with van der Waals surface area (Å²) in [5, 5.41) is 5.34. The SMILES string of the molecule is CCCNc1cc(CCC)nc2c(Cl)cc(I)cc12. The molecular weight excluding hydrogens is 371 g/mol. The molecule has 2 nitrogen and oxygen atoms in total. The highest BCUT2D eigenvalue weighted by atomic mass is 127. The number of hydrogen-bond donors (Lipinski definition) is 1. The summed E-state index contributed by atoms with van der Waals surface area (Å²) < 4.78 is 1.14. The molecule has 1 aromatic heterocycles. The largest absolute Gasteiger partial charge is 0.384 e. The van der Waals surface area contributed by atoms with E-state index in [0.29, 0.717) is 0 Å². The molecule has 0 amide bonds. The van der Waals surface area contributed by atoms with E-state index in [9.17, 15) is 0 Å². The summed E-state index contributed by atoms with van der Waals surface area (Å²) in [4.78, 5) is 4.70. The third-order valence-electron chi connectivity index (χ3n) is 2.96. The molecule has 0 spiro atoms. The van der Waals surface area contributed by atoms with Crippen molar-refractivity contribution >= 4 is 50.8 Å². The molecule has 0 aliphatic heterocycles. The van der Waals surface area contributed by atoms with E-state index in [1.165, 1.54) is 0 Å². The lowest BCUT2D eigenvalue weighted by Gasteiger charge is -2.12. The van der Waals surface area contributed by atoms with Gasteiger partial charge in [-0.1, -0.05) is 31.9 Å². The van der Waals surface area contributed by atoms with Crippen LogP contribution in [-0.4, -0.2) is 11.5 Å². The first kappa shape index (κ1) is 14.9. The van der Waals surface area contributed by atoms with Gasteiger partial charge >= 0.3 is 0 Å². The van der Waals surface area contributed by atoms with Crippen molar-refractivity contribution in [3.63, 3.8) is 0 Å². The predicted molar refractivity (Wildman–Crippen MR) is 92.2 cm³/mol. The lowest BCUT2D eigenvalue weighted by Crippen LogP contribution is -2.03. The van der Waals surface area contributed by atoms with Crippen molar-refractivity contribution in [1.29, 1.82) is 0 Å². The van der Waals surface area contributed by atoms with Gasteiger partial charge in [0.2, 0.25) is 0 Å². The average molecular weight is 389 g/mol. The van der Waals surface area contributed by atoms with E-state index in [0.717, 1.165) is 56.7 Å². The molecule has 0 saturated heterocycles. The zero-order valence-electron chi connectivity index (χ0n) is 11.3. The van der Waals surface area contributed by atoms with E-state index in [1.807, 2.05) is 6.07 Å². The molecule has 0 aliphatic rings. The molecule has 2 aromatic rings. The topological polar surface area (TPSA) is 24.9 Å². The molecule has 0 atom stereocenters. The van der Waals surface area contributed by atoms with E-state index in [2.05, 4.69) is 53.9 Å². The van der Waals surface area contributed by atoms with Gasteiger partial charge in [0.15, 0.2) is 0 Å². The van der Waals surface area contributed by atoms with E-state index in [4.69, 9.17) is 16.6 Å². The van der Waals surface area contributed by atoms with Gasteiger partial charge in [-0.25, -0.2) is 0 Å². The van der Waals surface area contributed by atoms with E-state index >= 15 is 0 Å². The van der Waals surface area contributed by atoms with Crippen LogP contribution in [0.2, 0.25) is 5.02 Å². The molecule has 0 saturated carbocycles. The maximum Gasteiger partial charge on any atom is 0.0912 e. The van der Waals surface area contributed by atoms with Crippen molar-refractivity contribution in [2.45, 2.75) is 33.1 Å². The maximum atomic E-state index is 6.35. The van der Waals surface area contributed by atoms with E-state index in [-0.39, 0.29) is 0 Å². The molecule has 0 unspecified atom stereocenters. The first-order valence-electron chi connectivity index (χ1n) is 6.68. The Morgan fingerprint density at radius 3 is 2.68 bits per heavy atom. The van der Waals surface area contributed by atoms with Crippen LogP contribution in [0.4, 0.5) is 5.69 Å². The van der Waals surface area contributed by atoms with Crippen molar-refractivity contribution in [1.82, 2.24) is 4.98 Å². The summed E-state index contributed by atoms with van der Waals surface area (Å²) in [6, 6.07) is 6.27. The maximum absolute atomic E-state index is 6.35. The second-order valence-corrected chi connectivity index (χ2v) is 6.27. The normalized spacial score (nSPS) is 10.9. The average Bonchev–Trinajstić information content (AvgIpc) is 2.37. The van der Waals surface area contributed by atoms with Gasteiger partial charge in [-0.15, -0.1) is 0 Å². The van der Waals surface area contributed by atoms with Gasteiger partial charge in [0.05, 0.1) is 10.5 Å². The summed E-state index contributed by atoms with van der Waals surface area (Å²) in [6.07, 6.45) is 3.18. The number of rotatable bonds is 5. The number of aromatic nitrogens is 1. The minimum Gasteiger partial charge on any atom is -0.384 e. The molecule has 2 rings (SSSR count). The van der Waals surface area contributed by atoms with E-state index < -0.39 is 0 Å². The molecule has 0 aliphatic carbocycles. The summed E-state index contributed by atoms with van der Waals surface area (Å²) in [7, 11) is 0.